The normalized spacial score (nSPS) is 24.1. The lowest BCUT2D eigenvalue weighted by Gasteiger charge is -2.28. The first-order chi connectivity index (χ1) is 11.1. The topological polar surface area (TPSA) is 94.7 Å². The third-order valence-corrected chi connectivity index (χ3v) is 4.99. The van der Waals surface area contributed by atoms with Crippen molar-refractivity contribution >= 4 is 34.9 Å². The summed E-state index contributed by atoms with van der Waals surface area (Å²) < 4.78 is 5.18. The van der Waals surface area contributed by atoms with Gasteiger partial charge in [-0.2, -0.15) is 0 Å². The number of nitrogens with zero attached hydrogens (tertiary/aromatic N) is 1. The smallest absolute Gasteiger partial charge is 0.264 e. The van der Waals surface area contributed by atoms with Crippen molar-refractivity contribution in [2.75, 3.05) is 0 Å². The molecule has 1 aliphatic heterocycles. The molecule has 7 heteroatoms. The van der Waals surface area contributed by atoms with E-state index in [9.17, 15) is 14.7 Å². The second-order valence-corrected chi connectivity index (χ2v) is 6.71. The first-order valence-electron chi connectivity index (χ1n) is 7.66. The summed E-state index contributed by atoms with van der Waals surface area (Å²) in [4.78, 5) is 28.1. The monoisotopic (exact) mass is 333 g/mol. The summed E-state index contributed by atoms with van der Waals surface area (Å²) in [5.74, 6) is -0.932. The zero-order valence-corrected chi connectivity index (χ0v) is 13.3. The minimum absolute atomic E-state index is 0.0168. The first kappa shape index (κ1) is 15.9. The molecular weight excluding hydrogens is 316 g/mol. The van der Waals surface area contributed by atoms with Crippen LogP contribution in [0.5, 0.6) is 0 Å². The quantitative estimate of drug-likeness (QED) is 0.843. The second-order valence-electron chi connectivity index (χ2n) is 5.68. The number of furan rings is 1. The van der Waals surface area contributed by atoms with E-state index in [2.05, 4.69) is 10.3 Å². The van der Waals surface area contributed by atoms with Gasteiger partial charge in [0.05, 0.1) is 23.2 Å². The third-order valence-electron chi connectivity index (χ3n) is 4.06. The number of thioether (sulfide) groups is 1. The van der Waals surface area contributed by atoms with Gasteiger partial charge in [0, 0.05) is 6.08 Å². The Hall–Kier alpha value is -2.02. The molecule has 0 unspecified atom stereocenters. The van der Waals surface area contributed by atoms with Crippen LogP contribution in [0, 0.1) is 5.92 Å². The van der Waals surface area contributed by atoms with Gasteiger partial charge in [0.2, 0.25) is 0 Å². The Bertz CT molecular complexity index is 645. The Balaban J connectivity index is 1.76. The number of aliphatic carboxylic acids is 1. The highest BCUT2D eigenvalue weighted by Gasteiger charge is 2.29. The van der Waals surface area contributed by atoms with Crippen LogP contribution in [0.1, 0.15) is 37.9 Å². The van der Waals surface area contributed by atoms with Crippen molar-refractivity contribution in [2.24, 2.45) is 10.9 Å². The molecule has 1 N–H and O–H groups in total. The summed E-state index contributed by atoms with van der Waals surface area (Å²) >= 11 is 1.13. The molecule has 1 atom stereocenters. The molecule has 1 aliphatic carbocycles. The summed E-state index contributed by atoms with van der Waals surface area (Å²) in [7, 11) is 0. The Morgan fingerprint density at radius 3 is 2.87 bits per heavy atom. The maximum absolute atomic E-state index is 12.0. The zero-order chi connectivity index (χ0) is 16.2. The number of hydrogen-bond donors (Lipinski definition) is 1. The average Bonchev–Trinajstić information content (AvgIpc) is 3.16. The highest BCUT2D eigenvalue weighted by atomic mass is 32.2. The van der Waals surface area contributed by atoms with E-state index in [0.717, 1.165) is 43.9 Å². The fourth-order valence-corrected chi connectivity index (χ4v) is 3.75. The van der Waals surface area contributed by atoms with E-state index in [1.54, 1.807) is 18.2 Å². The minimum Gasteiger partial charge on any atom is -0.548 e. The van der Waals surface area contributed by atoms with Gasteiger partial charge < -0.3 is 19.6 Å². The maximum Gasteiger partial charge on any atom is 0.264 e. The number of hydrogen-bond acceptors (Lipinski definition) is 6. The number of rotatable bonds is 4. The van der Waals surface area contributed by atoms with Gasteiger partial charge >= 0.3 is 0 Å². The van der Waals surface area contributed by atoms with E-state index < -0.39 is 12.0 Å². The van der Waals surface area contributed by atoms with Gasteiger partial charge in [-0.3, -0.25) is 9.79 Å². The number of amides is 1. The van der Waals surface area contributed by atoms with E-state index >= 15 is 0 Å². The molecule has 122 valence electrons. The molecular formula is C16H17N2O4S-. The predicted octanol–water partition coefficient (Wildman–Crippen LogP) is 1.54. The van der Waals surface area contributed by atoms with Gasteiger partial charge in [-0.05, 0) is 42.7 Å². The zero-order valence-electron chi connectivity index (χ0n) is 12.5. The van der Waals surface area contributed by atoms with Gasteiger partial charge in [-0.15, -0.1) is 0 Å². The lowest BCUT2D eigenvalue weighted by Crippen LogP contribution is -2.41. The summed E-state index contributed by atoms with van der Waals surface area (Å²) in [6.45, 7) is 0. The molecule has 0 aromatic carbocycles. The van der Waals surface area contributed by atoms with E-state index in [1.165, 1.54) is 6.26 Å². The molecule has 1 aromatic heterocycles. The first-order valence-corrected chi connectivity index (χ1v) is 8.48. The van der Waals surface area contributed by atoms with Crippen molar-refractivity contribution in [1.82, 2.24) is 5.32 Å². The lowest BCUT2D eigenvalue weighted by molar-refractivity contribution is -0.308. The van der Waals surface area contributed by atoms with E-state index in [4.69, 9.17) is 4.42 Å². The molecule has 0 radical (unpaired) electrons. The molecule has 0 bridgehead atoms. The summed E-state index contributed by atoms with van der Waals surface area (Å²) in [5.41, 5.74) is 0. The number of amidine groups is 1. The fraction of sp³-hybridized carbons (Fsp3) is 0.438. The maximum atomic E-state index is 12.0. The number of nitrogens with one attached hydrogen (secondary N) is 1. The Kier molecular flexibility index (Phi) is 4.85. The van der Waals surface area contributed by atoms with E-state index in [0.29, 0.717) is 15.8 Å². The number of carboxylic acid groups (broad SMARTS) is 1. The Labute approximate surface area is 138 Å². The molecule has 6 nitrogen and oxygen atoms in total. The largest absolute Gasteiger partial charge is 0.548 e. The SMILES string of the molecule is O=C1NC(=N[C@@H](C(=O)[O-])C2CCCCC2)S/C1=C\c1ccco1. The van der Waals surface area contributed by atoms with Crippen LogP contribution < -0.4 is 10.4 Å². The molecule has 2 heterocycles. The van der Waals surface area contributed by atoms with E-state index in [-0.39, 0.29) is 11.8 Å². The van der Waals surface area contributed by atoms with Crippen LogP contribution >= 0.6 is 11.8 Å². The summed E-state index contributed by atoms with van der Waals surface area (Å²) in [6, 6.07) is 2.57. The van der Waals surface area contributed by atoms with Crippen molar-refractivity contribution in [2.45, 2.75) is 38.1 Å². The van der Waals surface area contributed by atoms with E-state index in [1.807, 2.05) is 0 Å². The molecule has 23 heavy (non-hydrogen) atoms. The second kappa shape index (κ2) is 7.04. The highest BCUT2D eigenvalue weighted by Crippen LogP contribution is 2.31. The number of aliphatic imine (C=N–C) groups is 1. The van der Waals surface area contributed by atoms with Crippen molar-refractivity contribution in [3.05, 3.63) is 29.1 Å². The number of carbonyl (C=O) groups excluding carboxylic acids is 2. The summed E-state index contributed by atoms with van der Waals surface area (Å²) in [5, 5.41) is 14.4. The molecule has 1 aromatic rings. The van der Waals surface area contributed by atoms with Crippen molar-refractivity contribution < 1.29 is 19.1 Å². The van der Waals surface area contributed by atoms with Crippen LogP contribution in [-0.4, -0.2) is 23.1 Å². The minimum atomic E-state index is -1.18. The fourth-order valence-electron chi connectivity index (χ4n) is 2.92. The van der Waals surface area contributed by atoms with Crippen molar-refractivity contribution in [3.8, 4) is 0 Å². The predicted molar refractivity (Wildman–Crippen MR) is 85.2 cm³/mol. The molecule has 3 rings (SSSR count). The van der Waals surface area contributed by atoms with Gasteiger partial charge in [0.15, 0.2) is 5.17 Å². The van der Waals surface area contributed by atoms with Crippen LogP contribution in [0.3, 0.4) is 0 Å². The van der Waals surface area contributed by atoms with Gasteiger partial charge in [0.25, 0.3) is 5.91 Å². The van der Waals surface area contributed by atoms with Crippen LogP contribution in [0.4, 0.5) is 0 Å². The number of carbonyl (C=O) groups is 2. The van der Waals surface area contributed by atoms with Crippen LogP contribution in [0.15, 0.2) is 32.7 Å². The van der Waals surface area contributed by atoms with Crippen LogP contribution in [-0.2, 0) is 9.59 Å². The Morgan fingerprint density at radius 1 is 1.43 bits per heavy atom. The Morgan fingerprint density at radius 2 is 2.22 bits per heavy atom. The average molecular weight is 333 g/mol. The molecule has 1 saturated carbocycles. The molecule has 1 amide bonds. The van der Waals surface area contributed by atoms with Crippen LogP contribution in [0.25, 0.3) is 6.08 Å². The van der Waals surface area contributed by atoms with Crippen molar-refractivity contribution in [1.29, 1.82) is 0 Å². The molecule has 2 fully saturated rings. The van der Waals surface area contributed by atoms with Gasteiger partial charge in [0.1, 0.15) is 5.76 Å². The number of carboxylic acids is 1. The van der Waals surface area contributed by atoms with Gasteiger partial charge in [-0.25, -0.2) is 0 Å². The standard InChI is InChI=1S/C16H18N2O4S/c19-14-12(9-11-7-4-8-22-11)23-16(18-14)17-13(15(20)21)10-5-2-1-3-6-10/h4,7-10,13H,1-3,5-6H2,(H,20,21)(H,17,18,19)/p-1/b12-9-/t13-/m1/s1. The molecule has 1 saturated heterocycles. The molecule has 2 aliphatic rings. The molecule has 0 spiro atoms. The third kappa shape index (κ3) is 3.85. The van der Waals surface area contributed by atoms with Gasteiger partial charge in [-0.1, -0.05) is 19.3 Å². The lowest BCUT2D eigenvalue weighted by atomic mass is 9.84. The highest BCUT2D eigenvalue weighted by molar-refractivity contribution is 8.18. The van der Waals surface area contributed by atoms with Crippen molar-refractivity contribution in [3.63, 3.8) is 0 Å². The summed E-state index contributed by atoms with van der Waals surface area (Å²) in [6.07, 6.45) is 7.97. The van der Waals surface area contributed by atoms with Crippen LogP contribution in [0.2, 0.25) is 0 Å².